The Morgan fingerprint density at radius 2 is 0.481 bits per heavy atom. The van der Waals surface area contributed by atoms with Crippen molar-refractivity contribution in [2.45, 2.75) is 289 Å². The number of rotatable bonds is 46. The first-order valence-corrected chi connectivity index (χ1v) is 27.7. The molecular formula is C46H96O6P2. The Labute approximate surface area is 337 Å². The minimum atomic E-state index is -4.00. The Balaban J connectivity index is 3.43. The Hall–Kier alpha value is 0.300. The molecule has 0 aromatic carbocycles. The first kappa shape index (κ1) is 54.3. The molecule has 1 atom stereocenters. The van der Waals surface area contributed by atoms with Crippen molar-refractivity contribution >= 4 is 15.2 Å². The largest absolute Gasteiger partial charge is 0.328 e. The summed E-state index contributed by atoms with van der Waals surface area (Å²) in [5, 5.41) is 0. The van der Waals surface area contributed by atoms with E-state index >= 15 is 0 Å². The lowest BCUT2D eigenvalue weighted by atomic mass is 10.0. The zero-order chi connectivity index (χ0) is 39.7. The molecule has 0 spiro atoms. The molecule has 0 radical (unpaired) electrons. The number of hydrogen-bond acceptors (Lipinski definition) is 2. The third-order valence-electron chi connectivity index (χ3n) is 11.9. The van der Waals surface area contributed by atoms with Gasteiger partial charge in [0.05, 0.1) is 5.66 Å². The van der Waals surface area contributed by atoms with Crippen LogP contribution < -0.4 is 0 Å². The summed E-state index contributed by atoms with van der Waals surface area (Å²) in [5.74, 6) is 0. The highest BCUT2D eigenvalue weighted by Gasteiger charge is 2.27. The molecule has 4 N–H and O–H groups in total. The quantitative estimate of drug-likeness (QED) is 0.0360. The van der Waals surface area contributed by atoms with Gasteiger partial charge in [-0.05, 0) is 19.3 Å². The van der Waals surface area contributed by atoms with Gasteiger partial charge in [0, 0.05) is 6.16 Å². The molecule has 0 saturated heterocycles. The molecule has 54 heavy (non-hydrogen) atoms. The Morgan fingerprint density at radius 3 is 0.667 bits per heavy atom. The highest BCUT2D eigenvalue weighted by molar-refractivity contribution is 7.52. The fourth-order valence-electron chi connectivity index (χ4n) is 8.17. The topological polar surface area (TPSA) is 115 Å². The van der Waals surface area contributed by atoms with Gasteiger partial charge in [-0.3, -0.25) is 9.13 Å². The third-order valence-corrected chi connectivity index (χ3v) is 14.2. The Bertz CT molecular complexity index is 828. The van der Waals surface area contributed by atoms with E-state index in [0.29, 0.717) is 19.3 Å². The van der Waals surface area contributed by atoms with Crippen LogP contribution >= 0.6 is 15.2 Å². The molecule has 326 valence electrons. The van der Waals surface area contributed by atoms with E-state index in [0.717, 1.165) is 38.5 Å². The average Bonchev–Trinajstić information content (AvgIpc) is 3.12. The highest BCUT2D eigenvalue weighted by Crippen LogP contribution is 2.46. The van der Waals surface area contributed by atoms with Gasteiger partial charge < -0.3 is 19.6 Å². The first-order chi connectivity index (χ1) is 26.2. The molecule has 0 amide bonds. The SMILES string of the molecule is CCCCCCCCCCCCCCCCCCCCCCCCCCCC(CCCCCCCCCCCCCCCCCCP(=O)(O)O)P(=O)(O)O. The molecule has 0 heterocycles. The number of hydrogen-bond donors (Lipinski definition) is 4. The van der Waals surface area contributed by atoms with Crippen LogP contribution in [0.1, 0.15) is 283 Å². The molecule has 0 aromatic rings. The molecule has 0 saturated carbocycles. The van der Waals surface area contributed by atoms with Gasteiger partial charge in [-0.15, -0.1) is 0 Å². The van der Waals surface area contributed by atoms with E-state index in [-0.39, 0.29) is 6.16 Å². The van der Waals surface area contributed by atoms with Crippen LogP contribution in [0.4, 0.5) is 0 Å². The molecule has 6 nitrogen and oxygen atoms in total. The van der Waals surface area contributed by atoms with Crippen molar-refractivity contribution in [1.82, 2.24) is 0 Å². The van der Waals surface area contributed by atoms with Crippen LogP contribution in [0.5, 0.6) is 0 Å². The van der Waals surface area contributed by atoms with E-state index in [1.165, 1.54) is 218 Å². The van der Waals surface area contributed by atoms with Gasteiger partial charge in [-0.2, -0.15) is 0 Å². The van der Waals surface area contributed by atoms with Crippen molar-refractivity contribution in [3.8, 4) is 0 Å². The van der Waals surface area contributed by atoms with Crippen molar-refractivity contribution in [3.63, 3.8) is 0 Å². The fraction of sp³-hybridized carbons (Fsp3) is 1.00. The van der Waals surface area contributed by atoms with Crippen molar-refractivity contribution in [2.24, 2.45) is 0 Å². The van der Waals surface area contributed by atoms with Gasteiger partial charge >= 0.3 is 15.2 Å². The molecule has 0 aliphatic carbocycles. The summed E-state index contributed by atoms with van der Waals surface area (Å²) >= 11 is 0. The normalized spacial score (nSPS) is 12.9. The van der Waals surface area contributed by atoms with Crippen molar-refractivity contribution < 1.29 is 28.7 Å². The summed E-state index contributed by atoms with van der Waals surface area (Å²) in [5.41, 5.74) is -0.435. The minimum absolute atomic E-state index is 0.0316. The van der Waals surface area contributed by atoms with Crippen LogP contribution in [-0.4, -0.2) is 31.4 Å². The summed E-state index contributed by atoms with van der Waals surface area (Å²) in [6, 6.07) is 0. The summed E-state index contributed by atoms with van der Waals surface area (Å²) < 4.78 is 22.9. The lowest BCUT2D eigenvalue weighted by molar-refractivity contribution is 0.345. The zero-order valence-corrected chi connectivity index (χ0v) is 38.0. The van der Waals surface area contributed by atoms with E-state index < -0.39 is 20.9 Å². The number of unbranched alkanes of at least 4 members (excludes halogenated alkanes) is 39. The highest BCUT2D eigenvalue weighted by atomic mass is 31.2. The molecule has 0 aromatic heterocycles. The van der Waals surface area contributed by atoms with Gasteiger partial charge in [-0.25, -0.2) is 0 Å². The lowest BCUT2D eigenvalue weighted by Gasteiger charge is -2.18. The Kier molecular flexibility index (Phi) is 41.7. The van der Waals surface area contributed by atoms with E-state index in [1.807, 2.05) is 0 Å². The fourth-order valence-corrected chi connectivity index (χ4v) is 9.85. The monoisotopic (exact) mass is 807 g/mol. The average molecular weight is 807 g/mol. The van der Waals surface area contributed by atoms with Crippen molar-refractivity contribution in [1.29, 1.82) is 0 Å². The first-order valence-electron chi connectivity index (χ1n) is 24.3. The van der Waals surface area contributed by atoms with Crippen LogP contribution in [0, 0.1) is 0 Å². The maximum atomic E-state index is 12.1. The predicted molar refractivity (Wildman–Crippen MR) is 237 cm³/mol. The summed E-state index contributed by atoms with van der Waals surface area (Å²) in [6.45, 7) is 2.29. The van der Waals surface area contributed by atoms with Crippen molar-refractivity contribution in [3.05, 3.63) is 0 Å². The standard InChI is InChI=1S/C46H96O6P2/c1-2-3-4-5-6-7-8-9-10-11-12-13-14-15-16-17-18-19-22-25-28-31-34-37-40-43-46(54(50,51)52)44-41-38-35-32-29-26-23-20-21-24-27-30-33-36-39-42-45-53(47,48)49/h46H,2-45H2,1H3,(H2,47,48,49)(H2,50,51,52). The summed E-state index contributed by atoms with van der Waals surface area (Å²) in [6.07, 6.45) is 54.4. The van der Waals surface area contributed by atoms with Crippen LogP contribution in [0.3, 0.4) is 0 Å². The predicted octanol–water partition coefficient (Wildman–Crippen LogP) is 16.5. The van der Waals surface area contributed by atoms with Gasteiger partial charge in [0.15, 0.2) is 0 Å². The molecular weight excluding hydrogens is 710 g/mol. The zero-order valence-electron chi connectivity index (χ0n) is 36.2. The van der Waals surface area contributed by atoms with Gasteiger partial charge in [0.2, 0.25) is 0 Å². The van der Waals surface area contributed by atoms with E-state index in [1.54, 1.807) is 0 Å². The second-order valence-electron chi connectivity index (χ2n) is 17.4. The molecule has 0 aliphatic heterocycles. The third kappa shape index (κ3) is 45.0. The molecule has 0 rings (SSSR count). The molecule has 0 bridgehead atoms. The van der Waals surface area contributed by atoms with Gasteiger partial charge in [0.25, 0.3) is 0 Å². The minimum Gasteiger partial charge on any atom is -0.324 e. The van der Waals surface area contributed by atoms with Crippen LogP contribution in [0.2, 0.25) is 0 Å². The van der Waals surface area contributed by atoms with Crippen LogP contribution in [0.25, 0.3) is 0 Å². The second-order valence-corrected chi connectivity index (χ2v) is 21.0. The van der Waals surface area contributed by atoms with Gasteiger partial charge in [0.1, 0.15) is 0 Å². The molecule has 1 unspecified atom stereocenters. The molecule has 0 fully saturated rings. The van der Waals surface area contributed by atoms with Gasteiger partial charge in [-0.1, -0.05) is 264 Å². The van der Waals surface area contributed by atoms with Crippen LogP contribution in [-0.2, 0) is 9.13 Å². The summed E-state index contributed by atoms with van der Waals surface area (Å²) in [4.78, 5) is 37.6. The van der Waals surface area contributed by atoms with E-state index in [4.69, 9.17) is 9.79 Å². The van der Waals surface area contributed by atoms with Crippen molar-refractivity contribution in [2.75, 3.05) is 6.16 Å². The second kappa shape index (κ2) is 41.5. The van der Waals surface area contributed by atoms with E-state index in [2.05, 4.69) is 6.92 Å². The smallest absolute Gasteiger partial charge is 0.324 e. The molecule has 0 aliphatic rings. The summed E-state index contributed by atoms with van der Waals surface area (Å²) in [7, 11) is -7.81. The van der Waals surface area contributed by atoms with E-state index in [9.17, 15) is 18.9 Å². The van der Waals surface area contributed by atoms with Crippen LogP contribution in [0.15, 0.2) is 0 Å². The molecule has 8 heteroatoms. The lowest BCUT2D eigenvalue weighted by Crippen LogP contribution is -2.08. The maximum absolute atomic E-state index is 12.1. The Morgan fingerprint density at radius 1 is 0.296 bits per heavy atom. The maximum Gasteiger partial charge on any atom is 0.328 e.